The fraction of sp³-hybridized carbons (Fsp3) is 0.444. The Bertz CT molecular complexity index is 555. The minimum Gasteiger partial charge on any atom is -0.379 e. The number of hydrogen-bond acceptors (Lipinski definition) is 2. The fourth-order valence-electron chi connectivity index (χ4n) is 3.20. The summed E-state index contributed by atoms with van der Waals surface area (Å²) in [5, 5.41) is 2.49. The molecule has 0 aromatic heterocycles. The quantitative estimate of drug-likeness (QED) is 0.889. The third-order valence-electron chi connectivity index (χ3n) is 4.35. The van der Waals surface area contributed by atoms with Gasteiger partial charge in [0.15, 0.2) is 0 Å². The van der Waals surface area contributed by atoms with Crippen molar-refractivity contribution in [2.45, 2.75) is 31.7 Å². The molecule has 1 unspecified atom stereocenters. The molecule has 2 aromatic rings. The maximum absolute atomic E-state index is 6.32. The van der Waals surface area contributed by atoms with Gasteiger partial charge in [0.25, 0.3) is 0 Å². The predicted molar refractivity (Wildman–Crippen MR) is 83.7 cm³/mol. The van der Waals surface area contributed by atoms with Crippen molar-refractivity contribution in [2.24, 2.45) is 11.7 Å². The van der Waals surface area contributed by atoms with Crippen molar-refractivity contribution in [1.29, 1.82) is 0 Å². The number of hydrogen-bond donors (Lipinski definition) is 1. The molecule has 106 valence electrons. The summed E-state index contributed by atoms with van der Waals surface area (Å²) in [5.74, 6) is 0.759. The molecule has 1 aliphatic rings. The number of ether oxygens (including phenoxy) is 1. The molecule has 0 aliphatic heterocycles. The van der Waals surface area contributed by atoms with Crippen LogP contribution in [0.4, 0.5) is 0 Å². The van der Waals surface area contributed by atoms with Gasteiger partial charge in [0, 0.05) is 6.61 Å². The Kier molecular flexibility index (Phi) is 4.34. The molecule has 2 nitrogen and oxygen atoms in total. The molecule has 0 amide bonds. The van der Waals surface area contributed by atoms with Crippen molar-refractivity contribution in [3.63, 3.8) is 0 Å². The van der Waals surface area contributed by atoms with Crippen molar-refractivity contribution in [1.82, 2.24) is 0 Å². The van der Waals surface area contributed by atoms with Gasteiger partial charge in [-0.2, -0.15) is 0 Å². The monoisotopic (exact) mass is 269 g/mol. The van der Waals surface area contributed by atoms with Crippen molar-refractivity contribution >= 4 is 10.8 Å². The highest BCUT2D eigenvalue weighted by Crippen LogP contribution is 2.26. The molecule has 0 radical (unpaired) electrons. The van der Waals surface area contributed by atoms with Gasteiger partial charge < -0.3 is 10.5 Å². The Hall–Kier alpha value is -1.38. The first kappa shape index (κ1) is 13.6. The van der Waals surface area contributed by atoms with Crippen LogP contribution in [0, 0.1) is 5.92 Å². The van der Waals surface area contributed by atoms with Gasteiger partial charge >= 0.3 is 0 Å². The second-order valence-corrected chi connectivity index (χ2v) is 5.86. The lowest BCUT2D eigenvalue weighted by Gasteiger charge is -2.16. The van der Waals surface area contributed by atoms with Crippen LogP contribution in [-0.4, -0.2) is 13.2 Å². The van der Waals surface area contributed by atoms with E-state index in [0.29, 0.717) is 6.61 Å². The standard InChI is InChI=1S/C18H23NO/c19-18(13-20-12-14-6-1-2-7-14)17-11-5-9-15-8-3-4-10-16(15)17/h3-5,8-11,14,18H,1-2,6-7,12-13,19H2. The van der Waals surface area contributed by atoms with Gasteiger partial charge in [-0.3, -0.25) is 0 Å². The first-order valence-electron chi connectivity index (χ1n) is 7.65. The zero-order valence-electron chi connectivity index (χ0n) is 11.9. The molecular weight excluding hydrogens is 246 g/mol. The number of benzene rings is 2. The van der Waals surface area contributed by atoms with E-state index < -0.39 is 0 Å². The van der Waals surface area contributed by atoms with Crippen LogP contribution < -0.4 is 5.73 Å². The van der Waals surface area contributed by atoms with Crippen molar-refractivity contribution in [3.05, 3.63) is 48.0 Å². The highest BCUT2D eigenvalue weighted by molar-refractivity contribution is 5.86. The molecule has 1 saturated carbocycles. The Balaban J connectivity index is 1.64. The first-order valence-corrected chi connectivity index (χ1v) is 7.65. The summed E-state index contributed by atoms with van der Waals surface area (Å²) in [4.78, 5) is 0. The Morgan fingerprint density at radius 2 is 1.80 bits per heavy atom. The van der Waals surface area contributed by atoms with Crippen molar-refractivity contribution in [2.75, 3.05) is 13.2 Å². The molecular formula is C18H23NO. The fourth-order valence-corrected chi connectivity index (χ4v) is 3.20. The summed E-state index contributed by atoms with van der Waals surface area (Å²) < 4.78 is 5.86. The third-order valence-corrected chi connectivity index (χ3v) is 4.35. The van der Waals surface area contributed by atoms with E-state index in [2.05, 4.69) is 42.5 Å². The van der Waals surface area contributed by atoms with Crippen LogP contribution in [0.5, 0.6) is 0 Å². The summed E-state index contributed by atoms with van der Waals surface area (Å²) in [5.41, 5.74) is 7.51. The Labute approximate surface area is 120 Å². The van der Waals surface area contributed by atoms with Crippen LogP contribution in [0.25, 0.3) is 10.8 Å². The van der Waals surface area contributed by atoms with Gasteiger partial charge in [-0.05, 0) is 35.1 Å². The lowest BCUT2D eigenvalue weighted by molar-refractivity contribution is 0.0907. The summed E-state index contributed by atoms with van der Waals surface area (Å²) in [7, 11) is 0. The Morgan fingerprint density at radius 3 is 2.65 bits per heavy atom. The third kappa shape index (κ3) is 3.02. The first-order chi connectivity index (χ1) is 9.84. The molecule has 3 rings (SSSR count). The summed E-state index contributed by atoms with van der Waals surface area (Å²) >= 11 is 0. The van der Waals surface area contributed by atoms with E-state index in [0.717, 1.165) is 12.5 Å². The number of rotatable bonds is 5. The summed E-state index contributed by atoms with van der Waals surface area (Å²) in [6.07, 6.45) is 5.37. The van der Waals surface area contributed by atoms with Gasteiger partial charge in [-0.15, -0.1) is 0 Å². The van der Waals surface area contributed by atoms with E-state index in [1.165, 1.54) is 42.0 Å². The van der Waals surface area contributed by atoms with Crippen LogP contribution in [0.3, 0.4) is 0 Å². The molecule has 2 aromatic carbocycles. The summed E-state index contributed by atoms with van der Waals surface area (Å²) in [6, 6.07) is 14.7. The SMILES string of the molecule is NC(COCC1CCCC1)c1cccc2ccccc12. The van der Waals surface area contributed by atoms with E-state index in [1.54, 1.807) is 0 Å². The smallest absolute Gasteiger partial charge is 0.0659 e. The molecule has 1 atom stereocenters. The zero-order chi connectivity index (χ0) is 13.8. The maximum atomic E-state index is 6.32. The van der Waals surface area contributed by atoms with Gasteiger partial charge in [0.05, 0.1) is 12.6 Å². The highest BCUT2D eigenvalue weighted by atomic mass is 16.5. The molecule has 0 spiro atoms. The van der Waals surface area contributed by atoms with Gasteiger partial charge in [-0.1, -0.05) is 55.3 Å². The minimum atomic E-state index is -0.0393. The molecule has 0 bridgehead atoms. The average molecular weight is 269 g/mol. The molecule has 0 saturated heterocycles. The molecule has 2 heteroatoms. The molecule has 1 fully saturated rings. The van der Waals surface area contributed by atoms with Crippen LogP contribution >= 0.6 is 0 Å². The predicted octanol–water partition coefficient (Wildman–Crippen LogP) is 4.05. The number of nitrogens with two attached hydrogens (primary N) is 1. The second kappa shape index (κ2) is 6.38. The summed E-state index contributed by atoms with van der Waals surface area (Å²) in [6.45, 7) is 1.49. The van der Waals surface area contributed by atoms with Crippen molar-refractivity contribution in [3.8, 4) is 0 Å². The molecule has 20 heavy (non-hydrogen) atoms. The largest absolute Gasteiger partial charge is 0.379 e. The lowest BCUT2D eigenvalue weighted by atomic mass is 10.00. The van der Waals surface area contributed by atoms with Crippen LogP contribution in [0.1, 0.15) is 37.3 Å². The van der Waals surface area contributed by atoms with E-state index in [-0.39, 0.29) is 6.04 Å². The second-order valence-electron chi connectivity index (χ2n) is 5.86. The highest BCUT2D eigenvalue weighted by Gasteiger charge is 2.16. The molecule has 0 heterocycles. The maximum Gasteiger partial charge on any atom is 0.0659 e. The van der Waals surface area contributed by atoms with E-state index >= 15 is 0 Å². The van der Waals surface area contributed by atoms with E-state index in [4.69, 9.17) is 10.5 Å². The molecule has 1 aliphatic carbocycles. The van der Waals surface area contributed by atoms with Gasteiger partial charge in [-0.25, -0.2) is 0 Å². The van der Waals surface area contributed by atoms with Crippen molar-refractivity contribution < 1.29 is 4.74 Å². The Morgan fingerprint density at radius 1 is 1.05 bits per heavy atom. The zero-order valence-corrected chi connectivity index (χ0v) is 11.9. The topological polar surface area (TPSA) is 35.2 Å². The van der Waals surface area contributed by atoms with Gasteiger partial charge in [0.1, 0.15) is 0 Å². The minimum absolute atomic E-state index is 0.0393. The number of fused-ring (bicyclic) bond motifs is 1. The normalized spacial score (nSPS) is 17.6. The lowest BCUT2D eigenvalue weighted by Crippen LogP contribution is -2.19. The van der Waals surface area contributed by atoms with E-state index in [1.807, 2.05) is 0 Å². The van der Waals surface area contributed by atoms with E-state index in [9.17, 15) is 0 Å². The average Bonchev–Trinajstić information content (AvgIpc) is 3.00. The molecule has 2 N–H and O–H groups in total. The van der Waals surface area contributed by atoms with Crippen LogP contribution in [-0.2, 0) is 4.74 Å². The van der Waals surface area contributed by atoms with Crippen LogP contribution in [0.15, 0.2) is 42.5 Å². The van der Waals surface area contributed by atoms with Crippen LogP contribution in [0.2, 0.25) is 0 Å². The van der Waals surface area contributed by atoms with Gasteiger partial charge in [0.2, 0.25) is 0 Å².